The van der Waals surface area contributed by atoms with Gasteiger partial charge in [-0.1, -0.05) is 26.0 Å². The number of nitrogens with zero attached hydrogens (tertiary/aromatic N) is 5. The Hall–Kier alpha value is -2.27. The molecule has 0 aliphatic carbocycles. The van der Waals surface area contributed by atoms with Crippen LogP contribution in [-0.2, 0) is 13.1 Å². The standard InChI is InChI=1S/C19H25N5/c1-14(2)11-24-18-8-6-5-7-17(18)22-19(24)12-23(4)15(3)16-9-10-20-13-21-16/h5-10,13-15H,11-12H2,1-4H3/t15-/m0/s1. The van der Waals surface area contributed by atoms with Crippen LogP contribution in [0.1, 0.15) is 38.3 Å². The van der Waals surface area contributed by atoms with Crippen LogP contribution in [0, 0.1) is 5.92 Å². The second kappa shape index (κ2) is 7.09. The maximum Gasteiger partial charge on any atom is 0.124 e. The lowest BCUT2D eigenvalue weighted by Crippen LogP contribution is -2.25. The predicted molar refractivity (Wildman–Crippen MR) is 96.5 cm³/mol. The molecule has 3 aromatic rings. The number of aromatic nitrogens is 4. The Labute approximate surface area is 143 Å². The summed E-state index contributed by atoms with van der Waals surface area (Å²) in [6.45, 7) is 8.41. The van der Waals surface area contributed by atoms with E-state index in [9.17, 15) is 0 Å². The number of imidazole rings is 1. The summed E-state index contributed by atoms with van der Waals surface area (Å²) in [4.78, 5) is 15.5. The molecular weight excluding hydrogens is 298 g/mol. The maximum atomic E-state index is 4.87. The van der Waals surface area contributed by atoms with Crippen molar-refractivity contribution >= 4 is 11.0 Å². The molecular formula is C19H25N5. The van der Waals surface area contributed by atoms with Crippen LogP contribution in [0.5, 0.6) is 0 Å². The fraction of sp³-hybridized carbons (Fsp3) is 0.421. The molecule has 0 aliphatic rings. The van der Waals surface area contributed by atoms with Gasteiger partial charge >= 0.3 is 0 Å². The monoisotopic (exact) mass is 323 g/mol. The minimum atomic E-state index is 0.209. The predicted octanol–water partition coefficient (Wildman–Crippen LogP) is 3.68. The van der Waals surface area contributed by atoms with Crippen LogP contribution in [0.4, 0.5) is 0 Å². The van der Waals surface area contributed by atoms with Gasteiger partial charge in [0, 0.05) is 18.8 Å². The molecule has 126 valence electrons. The Morgan fingerprint density at radius 2 is 1.92 bits per heavy atom. The number of rotatable bonds is 6. The van der Waals surface area contributed by atoms with E-state index in [4.69, 9.17) is 4.98 Å². The lowest BCUT2D eigenvalue weighted by molar-refractivity contribution is 0.238. The lowest BCUT2D eigenvalue weighted by atomic mass is 10.2. The zero-order chi connectivity index (χ0) is 17.1. The summed E-state index contributed by atoms with van der Waals surface area (Å²) in [5.41, 5.74) is 3.31. The summed E-state index contributed by atoms with van der Waals surface area (Å²) in [6.07, 6.45) is 3.40. The van der Waals surface area contributed by atoms with Crippen molar-refractivity contribution in [2.45, 2.75) is 39.9 Å². The van der Waals surface area contributed by atoms with Crippen molar-refractivity contribution in [3.05, 3.63) is 54.4 Å². The van der Waals surface area contributed by atoms with Gasteiger partial charge in [0.15, 0.2) is 0 Å². The molecule has 5 nitrogen and oxygen atoms in total. The van der Waals surface area contributed by atoms with Gasteiger partial charge < -0.3 is 4.57 Å². The van der Waals surface area contributed by atoms with Gasteiger partial charge in [-0.15, -0.1) is 0 Å². The van der Waals surface area contributed by atoms with E-state index in [1.165, 1.54) is 5.52 Å². The first-order valence-electron chi connectivity index (χ1n) is 8.46. The van der Waals surface area contributed by atoms with Gasteiger partial charge in [0.25, 0.3) is 0 Å². The highest BCUT2D eigenvalue weighted by Gasteiger charge is 2.18. The first-order chi connectivity index (χ1) is 11.6. The zero-order valence-electron chi connectivity index (χ0n) is 14.8. The third-order valence-corrected chi connectivity index (χ3v) is 4.37. The highest BCUT2D eigenvalue weighted by molar-refractivity contribution is 5.75. The SMILES string of the molecule is CC(C)Cn1c(CN(C)[C@@H](C)c2ccncn2)nc2ccccc21. The van der Waals surface area contributed by atoms with Crippen LogP contribution in [0.25, 0.3) is 11.0 Å². The molecule has 24 heavy (non-hydrogen) atoms. The average molecular weight is 323 g/mol. The van der Waals surface area contributed by atoms with Crippen LogP contribution in [0.3, 0.4) is 0 Å². The minimum absolute atomic E-state index is 0.209. The topological polar surface area (TPSA) is 46.8 Å². The summed E-state index contributed by atoms with van der Waals surface area (Å²) in [6, 6.07) is 10.5. The van der Waals surface area contributed by atoms with Gasteiger partial charge in [0.05, 0.1) is 23.3 Å². The van der Waals surface area contributed by atoms with E-state index in [0.29, 0.717) is 5.92 Å². The Bertz CT molecular complexity index is 794. The molecule has 0 N–H and O–H groups in total. The Morgan fingerprint density at radius 3 is 2.62 bits per heavy atom. The van der Waals surface area contributed by atoms with Crippen LogP contribution < -0.4 is 0 Å². The van der Waals surface area contributed by atoms with Crippen LogP contribution in [0.15, 0.2) is 42.9 Å². The number of hydrogen-bond acceptors (Lipinski definition) is 4. The molecule has 2 heterocycles. The van der Waals surface area contributed by atoms with Gasteiger partial charge in [-0.2, -0.15) is 0 Å². The van der Waals surface area contributed by atoms with Crippen LogP contribution in [0.2, 0.25) is 0 Å². The van der Waals surface area contributed by atoms with E-state index in [0.717, 1.165) is 30.1 Å². The van der Waals surface area contributed by atoms with Crippen molar-refractivity contribution in [3.8, 4) is 0 Å². The fourth-order valence-corrected chi connectivity index (χ4v) is 2.95. The molecule has 0 saturated heterocycles. The summed E-state index contributed by atoms with van der Waals surface area (Å²) in [7, 11) is 2.12. The van der Waals surface area contributed by atoms with Crippen LogP contribution >= 0.6 is 0 Å². The molecule has 0 spiro atoms. The highest BCUT2D eigenvalue weighted by Crippen LogP contribution is 2.22. The van der Waals surface area contributed by atoms with Crippen molar-refractivity contribution in [1.29, 1.82) is 0 Å². The zero-order valence-corrected chi connectivity index (χ0v) is 14.8. The first kappa shape index (κ1) is 16.6. The van der Waals surface area contributed by atoms with E-state index in [1.54, 1.807) is 12.5 Å². The Morgan fingerprint density at radius 1 is 1.12 bits per heavy atom. The quantitative estimate of drug-likeness (QED) is 0.694. The van der Waals surface area contributed by atoms with Crippen molar-refractivity contribution in [2.75, 3.05) is 7.05 Å². The normalized spacial score (nSPS) is 13.1. The third-order valence-electron chi connectivity index (χ3n) is 4.37. The van der Waals surface area contributed by atoms with Gasteiger partial charge in [0.1, 0.15) is 12.2 Å². The van der Waals surface area contributed by atoms with Crippen LogP contribution in [-0.4, -0.2) is 31.5 Å². The Balaban J connectivity index is 1.88. The maximum absolute atomic E-state index is 4.87. The number of fused-ring (bicyclic) bond motifs is 1. The molecule has 1 aromatic carbocycles. The Kier molecular flexibility index (Phi) is 4.90. The molecule has 5 heteroatoms. The molecule has 1 atom stereocenters. The third kappa shape index (κ3) is 3.46. The molecule has 0 fully saturated rings. The second-order valence-electron chi connectivity index (χ2n) is 6.75. The smallest absolute Gasteiger partial charge is 0.124 e. The van der Waals surface area contributed by atoms with Gasteiger partial charge in [-0.3, -0.25) is 4.90 Å². The van der Waals surface area contributed by atoms with E-state index >= 15 is 0 Å². The molecule has 0 radical (unpaired) electrons. The van der Waals surface area contributed by atoms with Crippen molar-refractivity contribution in [2.24, 2.45) is 5.92 Å². The highest BCUT2D eigenvalue weighted by atomic mass is 15.2. The van der Waals surface area contributed by atoms with E-state index in [-0.39, 0.29) is 6.04 Å². The van der Waals surface area contributed by atoms with Crippen molar-refractivity contribution in [3.63, 3.8) is 0 Å². The van der Waals surface area contributed by atoms with Crippen molar-refractivity contribution < 1.29 is 0 Å². The van der Waals surface area contributed by atoms with Gasteiger partial charge in [0.2, 0.25) is 0 Å². The minimum Gasteiger partial charge on any atom is -0.327 e. The molecule has 2 aromatic heterocycles. The summed E-state index contributed by atoms with van der Waals surface area (Å²) in [5.74, 6) is 1.68. The second-order valence-corrected chi connectivity index (χ2v) is 6.75. The number of benzene rings is 1. The molecule has 0 amide bonds. The van der Waals surface area contributed by atoms with E-state index < -0.39 is 0 Å². The summed E-state index contributed by atoms with van der Waals surface area (Å²) in [5, 5.41) is 0. The average Bonchev–Trinajstić information content (AvgIpc) is 2.92. The molecule has 0 saturated carbocycles. The summed E-state index contributed by atoms with van der Waals surface area (Å²) >= 11 is 0. The molecule has 0 bridgehead atoms. The van der Waals surface area contributed by atoms with Gasteiger partial charge in [-0.05, 0) is 38.1 Å². The largest absolute Gasteiger partial charge is 0.327 e. The first-order valence-corrected chi connectivity index (χ1v) is 8.46. The lowest BCUT2D eigenvalue weighted by Gasteiger charge is -2.24. The molecule has 3 rings (SSSR count). The van der Waals surface area contributed by atoms with E-state index in [1.807, 2.05) is 12.1 Å². The number of hydrogen-bond donors (Lipinski definition) is 0. The molecule has 0 unspecified atom stereocenters. The fourth-order valence-electron chi connectivity index (χ4n) is 2.95. The van der Waals surface area contributed by atoms with E-state index in [2.05, 4.69) is 65.5 Å². The van der Waals surface area contributed by atoms with Crippen molar-refractivity contribution in [1.82, 2.24) is 24.4 Å². The number of para-hydroxylation sites is 2. The van der Waals surface area contributed by atoms with Gasteiger partial charge in [-0.25, -0.2) is 15.0 Å². The summed E-state index contributed by atoms with van der Waals surface area (Å²) < 4.78 is 2.35. The molecule has 0 aliphatic heterocycles.